The van der Waals surface area contributed by atoms with E-state index in [4.69, 9.17) is 0 Å². The first-order chi connectivity index (χ1) is 11.5. The van der Waals surface area contributed by atoms with Crippen molar-refractivity contribution in [2.45, 2.75) is 13.8 Å². The molecule has 0 saturated heterocycles. The SMILES string of the molecule is CCN(CC)c1ccc(NC(=O)C(=O)Nc2ccc(O)cc2)cc1. The second kappa shape index (κ2) is 8.01. The Morgan fingerprint density at radius 2 is 1.25 bits per heavy atom. The van der Waals surface area contributed by atoms with E-state index in [9.17, 15) is 14.7 Å². The predicted molar refractivity (Wildman–Crippen MR) is 95.4 cm³/mol. The van der Waals surface area contributed by atoms with Crippen LogP contribution in [0.2, 0.25) is 0 Å². The first-order valence-electron chi connectivity index (χ1n) is 7.79. The van der Waals surface area contributed by atoms with Gasteiger partial charge in [0.25, 0.3) is 0 Å². The van der Waals surface area contributed by atoms with Crippen molar-refractivity contribution in [3.8, 4) is 5.75 Å². The number of aromatic hydroxyl groups is 1. The van der Waals surface area contributed by atoms with Crippen LogP contribution >= 0.6 is 0 Å². The molecule has 0 spiro atoms. The molecule has 126 valence electrons. The molecule has 0 fully saturated rings. The van der Waals surface area contributed by atoms with Crippen LogP contribution in [0.5, 0.6) is 5.75 Å². The number of carbonyl (C=O) groups excluding carboxylic acids is 2. The maximum absolute atomic E-state index is 11.9. The summed E-state index contributed by atoms with van der Waals surface area (Å²) in [5.74, 6) is -1.43. The van der Waals surface area contributed by atoms with E-state index in [-0.39, 0.29) is 5.75 Å². The highest BCUT2D eigenvalue weighted by atomic mass is 16.3. The Kier molecular flexibility index (Phi) is 5.78. The van der Waals surface area contributed by atoms with Crippen LogP contribution in [0.4, 0.5) is 17.1 Å². The lowest BCUT2D eigenvalue weighted by atomic mass is 10.2. The second-order valence-corrected chi connectivity index (χ2v) is 5.17. The summed E-state index contributed by atoms with van der Waals surface area (Å²) in [6, 6.07) is 13.2. The molecule has 0 radical (unpaired) electrons. The van der Waals surface area contributed by atoms with E-state index < -0.39 is 11.8 Å². The summed E-state index contributed by atoms with van der Waals surface area (Å²) < 4.78 is 0. The summed E-state index contributed by atoms with van der Waals surface area (Å²) >= 11 is 0. The maximum Gasteiger partial charge on any atom is 0.314 e. The molecule has 2 amide bonds. The molecule has 0 aromatic heterocycles. The number of amides is 2. The van der Waals surface area contributed by atoms with Crippen LogP contribution in [0.25, 0.3) is 0 Å². The fourth-order valence-electron chi connectivity index (χ4n) is 2.26. The van der Waals surface area contributed by atoms with Gasteiger partial charge in [-0.3, -0.25) is 9.59 Å². The van der Waals surface area contributed by atoms with E-state index in [1.54, 1.807) is 12.1 Å². The minimum absolute atomic E-state index is 0.0887. The number of phenols is 1. The molecule has 0 aliphatic rings. The number of hydrogen-bond donors (Lipinski definition) is 3. The number of rotatable bonds is 5. The number of benzene rings is 2. The molecule has 0 heterocycles. The fraction of sp³-hybridized carbons (Fsp3) is 0.222. The highest BCUT2D eigenvalue weighted by molar-refractivity contribution is 6.43. The first kappa shape index (κ1) is 17.3. The fourth-order valence-corrected chi connectivity index (χ4v) is 2.26. The molecule has 0 aliphatic heterocycles. The molecule has 0 unspecified atom stereocenters. The average Bonchev–Trinajstić information content (AvgIpc) is 2.59. The molecule has 6 heteroatoms. The minimum Gasteiger partial charge on any atom is -0.508 e. The van der Waals surface area contributed by atoms with Gasteiger partial charge in [-0.2, -0.15) is 0 Å². The molecule has 2 aromatic rings. The monoisotopic (exact) mass is 327 g/mol. The van der Waals surface area contributed by atoms with Crippen LogP contribution in [0.3, 0.4) is 0 Å². The minimum atomic E-state index is -0.770. The Bertz CT molecular complexity index is 692. The third kappa shape index (κ3) is 4.49. The van der Waals surface area contributed by atoms with Crippen LogP contribution in [0, 0.1) is 0 Å². The Labute approximate surface area is 141 Å². The highest BCUT2D eigenvalue weighted by Gasteiger charge is 2.14. The van der Waals surface area contributed by atoms with Crippen LogP contribution < -0.4 is 15.5 Å². The van der Waals surface area contributed by atoms with E-state index >= 15 is 0 Å². The first-order valence-corrected chi connectivity index (χ1v) is 7.79. The largest absolute Gasteiger partial charge is 0.508 e. The third-order valence-corrected chi connectivity index (χ3v) is 3.59. The zero-order valence-electron chi connectivity index (χ0n) is 13.7. The lowest BCUT2D eigenvalue weighted by Gasteiger charge is -2.21. The topological polar surface area (TPSA) is 81.7 Å². The lowest BCUT2D eigenvalue weighted by Crippen LogP contribution is -2.29. The van der Waals surface area contributed by atoms with Crippen molar-refractivity contribution in [3.63, 3.8) is 0 Å². The Balaban J connectivity index is 1.96. The molecule has 0 bridgehead atoms. The van der Waals surface area contributed by atoms with Crippen LogP contribution in [-0.4, -0.2) is 30.0 Å². The zero-order valence-corrected chi connectivity index (χ0v) is 13.7. The molecule has 2 rings (SSSR count). The summed E-state index contributed by atoms with van der Waals surface area (Å²) in [4.78, 5) is 26.0. The van der Waals surface area contributed by atoms with Crippen LogP contribution in [-0.2, 0) is 9.59 Å². The molecule has 0 saturated carbocycles. The average molecular weight is 327 g/mol. The van der Waals surface area contributed by atoms with Gasteiger partial charge >= 0.3 is 11.8 Å². The van der Waals surface area contributed by atoms with Gasteiger partial charge in [-0.1, -0.05) is 0 Å². The lowest BCUT2D eigenvalue weighted by molar-refractivity contribution is -0.132. The quantitative estimate of drug-likeness (QED) is 0.582. The Hall–Kier alpha value is -3.02. The molecule has 0 atom stereocenters. The van der Waals surface area contributed by atoms with Crippen molar-refractivity contribution in [1.29, 1.82) is 0 Å². The van der Waals surface area contributed by atoms with Gasteiger partial charge in [-0.05, 0) is 62.4 Å². The van der Waals surface area contributed by atoms with E-state index in [0.29, 0.717) is 11.4 Å². The van der Waals surface area contributed by atoms with Gasteiger partial charge < -0.3 is 20.6 Å². The molecular weight excluding hydrogens is 306 g/mol. The van der Waals surface area contributed by atoms with Gasteiger partial charge in [0.1, 0.15) is 5.75 Å². The van der Waals surface area contributed by atoms with Gasteiger partial charge in [0.15, 0.2) is 0 Å². The van der Waals surface area contributed by atoms with Crippen molar-refractivity contribution >= 4 is 28.9 Å². The summed E-state index contributed by atoms with van der Waals surface area (Å²) in [6.45, 7) is 5.95. The molecule has 3 N–H and O–H groups in total. The number of nitrogens with zero attached hydrogens (tertiary/aromatic N) is 1. The number of phenolic OH excluding ortho intramolecular Hbond substituents is 1. The molecule has 6 nitrogen and oxygen atoms in total. The second-order valence-electron chi connectivity index (χ2n) is 5.17. The Morgan fingerprint density at radius 1 is 0.833 bits per heavy atom. The molecule has 0 aliphatic carbocycles. The van der Waals surface area contributed by atoms with Gasteiger partial charge in [-0.25, -0.2) is 0 Å². The van der Waals surface area contributed by atoms with Crippen molar-refractivity contribution in [3.05, 3.63) is 48.5 Å². The molecular formula is C18H21N3O3. The summed E-state index contributed by atoms with van der Waals surface area (Å²) in [6.07, 6.45) is 0. The zero-order chi connectivity index (χ0) is 17.5. The standard InChI is InChI=1S/C18H21N3O3/c1-3-21(4-2)15-9-5-13(6-10-15)19-17(23)18(24)20-14-7-11-16(22)12-8-14/h5-12,22H,3-4H2,1-2H3,(H,19,23)(H,20,24). The van der Waals surface area contributed by atoms with E-state index in [1.807, 2.05) is 12.1 Å². The van der Waals surface area contributed by atoms with Gasteiger partial charge in [-0.15, -0.1) is 0 Å². The van der Waals surface area contributed by atoms with E-state index in [2.05, 4.69) is 29.4 Å². The normalized spacial score (nSPS) is 10.1. The number of carbonyl (C=O) groups is 2. The van der Waals surface area contributed by atoms with Crippen LogP contribution in [0.1, 0.15) is 13.8 Å². The summed E-state index contributed by atoms with van der Waals surface area (Å²) in [5.41, 5.74) is 2.05. The van der Waals surface area contributed by atoms with Gasteiger partial charge in [0, 0.05) is 30.2 Å². The van der Waals surface area contributed by atoms with E-state index in [1.165, 1.54) is 24.3 Å². The highest BCUT2D eigenvalue weighted by Crippen LogP contribution is 2.18. The summed E-state index contributed by atoms with van der Waals surface area (Å²) in [5, 5.41) is 14.2. The van der Waals surface area contributed by atoms with Crippen molar-refractivity contribution < 1.29 is 14.7 Å². The van der Waals surface area contributed by atoms with Gasteiger partial charge in [0.05, 0.1) is 0 Å². The Morgan fingerprint density at radius 3 is 1.67 bits per heavy atom. The smallest absolute Gasteiger partial charge is 0.314 e. The van der Waals surface area contributed by atoms with Crippen LogP contribution in [0.15, 0.2) is 48.5 Å². The van der Waals surface area contributed by atoms with Crippen molar-refractivity contribution in [2.24, 2.45) is 0 Å². The maximum atomic E-state index is 11.9. The summed E-state index contributed by atoms with van der Waals surface area (Å²) in [7, 11) is 0. The number of anilines is 3. The predicted octanol–water partition coefficient (Wildman–Crippen LogP) is 2.82. The van der Waals surface area contributed by atoms with Gasteiger partial charge in [0.2, 0.25) is 0 Å². The molecule has 24 heavy (non-hydrogen) atoms. The third-order valence-electron chi connectivity index (χ3n) is 3.59. The number of hydrogen-bond acceptors (Lipinski definition) is 4. The van der Waals surface area contributed by atoms with Crippen molar-refractivity contribution in [2.75, 3.05) is 28.6 Å². The van der Waals surface area contributed by atoms with E-state index in [0.717, 1.165) is 18.8 Å². The van der Waals surface area contributed by atoms with Crippen molar-refractivity contribution in [1.82, 2.24) is 0 Å². The number of nitrogens with one attached hydrogen (secondary N) is 2. The molecule has 2 aromatic carbocycles.